The Labute approximate surface area is 147 Å². The maximum Gasteiger partial charge on any atom is 0.321 e. The fourth-order valence-electron chi connectivity index (χ4n) is 2.96. The summed E-state index contributed by atoms with van der Waals surface area (Å²) in [7, 11) is -3.39. The van der Waals surface area contributed by atoms with E-state index in [1.54, 1.807) is 29.2 Å². The zero-order valence-corrected chi connectivity index (χ0v) is 14.9. The van der Waals surface area contributed by atoms with Crippen molar-refractivity contribution < 1.29 is 13.2 Å². The molecule has 24 heavy (non-hydrogen) atoms. The molecule has 0 unspecified atom stereocenters. The second-order valence-corrected chi connectivity index (χ2v) is 8.25. The summed E-state index contributed by atoms with van der Waals surface area (Å²) in [6.07, 6.45) is 1.83. The van der Waals surface area contributed by atoms with E-state index in [9.17, 15) is 13.2 Å². The quantitative estimate of drug-likeness (QED) is 0.879. The highest BCUT2D eigenvalue weighted by Crippen LogP contribution is 2.22. The maximum atomic E-state index is 12.5. The monoisotopic (exact) mass is 372 g/mol. The molecule has 0 atom stereocenters. The first-order valence-electron chi connectivity index (χ1n) is 8.04. The topological polar surface area (TPSA) is 73.0 Å². The van der Waals surface area contributed by atoms with Crippen LogP contribution in [0.15, 0.2) is 24.3 Å². The van der Waals surface area contributed by atoms with Gasteiger partial charge in [0.25, 0.3) is 10.2 Å². The number of amides is 2. The molecule has 2 saturated heterocycles. The van der Waals surface area contributed by atoms with Gasteiger partial charge in [0, 0.05) is 39.3 Å². The summed E-state index contributed by atoms with van der Waals surface area (Å²) < 4.78 is 28.0. The summed E-state index contributed by atoms with van der Waals surface area (Å²) in [5.41, 5.74) is 0.552. The largest absolute Gasteiger partial charge is 0.322 e. The van der Waals surface area contributed by atoms with E-state index in [1.165, 1.54) is 8.61 Å². The SMILES string of the molecule is O=C(Nc1ccccc1Cl)N1CCN(S(=O)(=O)N2CCCC2)CC1. The van der Waals surface area contributed by atoms with E-state index in [2.05, 4.69) is 5.32 Å². The number of anilines is 1. The Morgan fingerprint density at radius 1 is 0.958 bits per heavy atom. The molecule has 9 heteroatoms. The number of hydrogen-bond acceptors (Lipinski definition) is 3. The van der Waals surface area contributed by atoms with Gasteiger partial charge < -0.3 is 10.2 Å². The van der Waals surface area contributed by atoms with Crippen LogP contribution in [0.2, 0.25) is 5.02 Å². The highest BCUT2D eigenvalue weighted by molar-refractivity contribution is 7.86. The van der Waals surface area contributed by atoms with Crippen LogP contribution in [-0.2, 0) is 10.2 Å². The van der Waals surface area contributed by atoms with Crippen LogP contribution in [0.4, 0.5) is 10.5 Å². The molecule has 0 aromatic heterocycles. The van der Waals surface area contributed by atoms with Crippen molar-refractivity contribution in [3.05, 3.63) is 29.3 Å². The minimum absolute atomic E-state index is 0.263. The normalized spacial score (nSPS) is 20.3. The summed E-state index contributed by atoms with van der Waals surface area (Å²) >= 11 is 6.04. The van der Waals surface area contributed by atoms with Crippen molar-refractivity contribution in [2.24, 2.45) is 0 Å². The van der Waals surface area contributed by atoms with Gasteiger partial charge in [-0.3, -0.25) is 0 Å². The van der Waals surface area contributed by atoms with Gasteiger partial charge in [-0.25, -0.2) is 4.79 Å². The molecule has 0 aliphatic carbocycles. The van der Waals surface area contributed by atoms with E-state index in [-0.39, 0.29) is 6.03 Å². The first-order chi connectivity index (χ1) is 11.5. The van der Waals surface area contributed by atoms with Crippen LogP contribution in [0.1, 0.15) is 12.8 Å². The van der Waals surface area contributed by atoms with E-state index in [4.69, 9.17) is 11.6 Å². The van der Waals surface area contributed by atoms with E-state index in [0.717, 1.165) is 12.8 Å². The van der Waals surface area contributed by atoms with Crippen molar-refractivity contribution in [3.8, 4) is 0 Å². The molecule has 2 aliphatic rings. The Morgan fingerprint density at radius 3 is 2.17 bits per heavy atom. The lowest BCUT2D eigenvalue weighted by Gasteiger charge is -2.35. The van der Waals surface area contributed by atoms with Gasteiger partial charge in [0.2, 0.25) is 0 Å². The zero-order valence-electron chi connectivity index (χ0n) is 13.3. The minimum atomic E-state index is -3.39. The summed E-state index contributed by atoms with van der Waals surface area (Å²) in [5, 5.41) is 3.24. The molecule has 1 aromatic carbocycles. The number of para-hydroxylation sites is 1. The van der Waals surface area contributed by atoms with Crippen molar-refractivity contribution in [2.45, 2.75) is 12.8 Å². The number of halogens is 1. The van der Waals surface area contributed by atoms with Gasteiger partial charge in [0.15, 0.2) is 0 Å². The van der Waals surface area contributed by atoms with Crippen LogP contribution in [0, 0.1) is 0 Å². The van der Waals surface area contributed by atoms with E-state index >= 15 is 0 Å². The fourth-order valence-corrected chi connectivity index (χ4v) is 4.81. The molecule has 2 heterocycles. The Morgan fingerprint density at radius 2 is 1.54 bits per heavy atom. The number of benzene rings is 1. The third-order valence-corrected chi connectivity index (χ3v) is 6.72. The number of nitrogens with zero attached hydrogens (tertiary/aromatic N) is 3. The van der Waals surface area contributed by atoms with Crippen molar-refractivity contribution in [3.63, 3.8) is 0 Å². The molecule has 0 saturated carbocycles. The van der Waals surface area contributed by atoms with Gasteiger partial charge in [-0.15, -0.1) is 0 Å². The Hall–Kier alpha value is -1.35. The lowest BCUT2D eigenvalue weighted by molar-refractivity contribution is 0.181. The molecule has 132 valence electrons. The highest BCUT2D eigenvalue weighted by atomic mass is 35.5. The zero-order chi connectivity index (χ0) is 17.2. The third-order valence-electron chi connectivity index (χ3n) is 4.36. The molecular weight excluding hydrogens is 352 g/mol. The van der Waals surface area contributed by atoms with E-state index < -0.39 is 10.2 Å². The standard InChI is InChI=1S/C15H21ClN4O3S/c16-13-5-1-2-6-14(13)17-15(21)18-9-11-20(12-10-18)24(22,23)19-7-3-4-8-19/h1-2,5-6H,3-4,7-12H2,(H,17,21). The smallest absolute Gasteiger partial charge is 0.321 e. The first-order valence-corrected chi connectivity index (χ1v) is 9.81. The number of hydrogen-bond donors (Lipinski definition) is 1. The van der Waals surface area contributed by atoms with Gasteiger partial charge in [-0.2, -0.15) is 17.0 Å². The highest BCUT2D eigenvalue weighted by Gasteiger charge is 2.34. The number of carbonyl (C=O) groups excluding carboxylic acids is 1. The summed E-state index contributed by atoms with van der Waals surface area (Å²) in [4.78, 5) is 13.9. The lowest BCUT2D eigenvalue weighted by atomic mass is 10.3. The number of nitrogens with one attached hydrogen (secondary N) is 1. The van der Waals surface area contributed by atoms with Crippen LogP contribution in [0.25, 0.3) is 0 Å². The van der Waals surface area contributed by atoms with Gasteiger partial charge in [-0.1, -0.05) is 23.7 Å². The third kappa shape index (κ3) is 3.66. The number of carbonyl (C=O) groups is 1. The van der Waals surface area contributed by atoms with E-state index in [0.29, 0.717) is 50.0 Å². The molecular formula is C15H21ClN4O3S. The molecule has 1 aromatic rings. The number of urea groups is 1. The van der Waals surface area contributed by atoms with Crippen LogP contribution in [0.3, 0.4) is 0 Å². The predicted molar refractivity (Wildman–Crippen MR) is 93.3 cm³/mol. The number of piperazine rings is 1. The molecule has 2 amide bonds. The van der Waals surface area contributed by atoms with Gasteiger partial charge in [-0.05, 0) is 25.0 Å². The second-order valence-electron chi connectivity index (χ2n) is 5.91. The molecule has 2 aliphatic heterocycles. The average molecular weight is 373 g/mol. The molecule has 1 N–H and O–H groups in total. The van der Waals surface area contributed by atoms with Gasteiger partial charge >= 0.3 is 6.03 Å². The van der Waals surface area contributed by atoms with Crippen LogP contribution < -0.4 is 5.32 Å². The van der Waals surface area contributed by atoms with Crippen molar-refractivity contribution in [1.82, 2.24) is 13.5 Å². The summed E-state index contributed by atoms with van der Waals surface area (Å²) in [6, 6.07) is 6.76. The predicted octanol–water partition coefficient (Wildman–Crippen LogP) is 1.83. The molecule has 0 spiro atoms. The Balaban J connectivity index is 1.57. The first kappa shape index (κ1) is 17.5. The molecule has 0 radical (unpaired) electrons. The van der Waals surface area contributed by atoms with Crippen molar-refractivity contribution >= 4 is 33.5 Å². The summed E-state index contributed by atoms with van der Waals surface area (Å²) in [5.74, 6) is 0. The second kappa shape index (κ2) is 7.26. The molecule has 2 fully saturated rings. The van der Waals surface area contributed by atoms with Gasteiger partial charge in [0.05, 0.1) is 10.7 Å². The van der Waals surface area contributed by atoms with Crippen molar-refractivity contribution in [2.75, 3.05) is 44.6 Å². The fraction of sp³-hybridized carbons (Fsp3) is 0.533. The maximum absolute atomic E-state index is 12.5. The average Bonchev–Trinajstić information content (AvgIpc) is 3.12. The van der Waals surface area contributed by atoms with Gasteiger partial charge in [0.1, 0.15) is 0 Å². The lowest BCUT2D eigenvalue weighted by Crippen LogP contribution is -2.54. The minimum Gasteiger partial charge on any atom is -0.322 e. The Bertz CT molecular complexity index is 698. The molecule has 7 nitrogen and oxygen atoms in total. The van der Waals surface area contributed by atoms with Crippen LogP contribution >= 0.6 is 11.6 Å². The van der Waals surface area contributed by atoms with Crippen LogP contribution in [-0.4, -0.2) is 67.2 Å². The Kier molecular flexibility index (Phi) is 5.29. The van der Waals surface area contributed by atoms with Crippen molar-refractivity contribution in [1.29, 1.82) is 0 Å². The number of rotatable bonds is 3. The van der Waals surface area contributed by atoms with Crippen LogP contribution in [0.5, 0.6) is 0 Å². The van der Waals surface area contributed by atoms with E-state index in [1.807, 2.05) is 0 Å². The summed E-state index contributed by atoms with van der Waals surface area (Å²) in [6.45, 7) is 2.54. The molecule has 0 bridgehead atoms. The molecule has 3 rings (SSSR count).